The van der Waals surface area contributed by atoms with Gasteiger partial charge in [0.25, 0.3) is 0 Å². The molecule has 0 spiro atoms. The van der Waals surface area contributed by atoms with Gasteiger partial charge in [0.05, 0.1) is 12.0 Å². The van der Waals surface area contributed by atoms with Crippen molar-refractivity contribution in [3.05, 3.63) is 29.8 Å². The maximum Gasteiger partial charge on any atom is 0.323 e. The molecule has 0 saturated carbocycles. The van der Waals surface area contributed by atoms with Crippen molar-refractivity contribution in [1.29, 1.82) is 0 Å². The molecule has 0 fully saturated rings. The first-order valence-electron chi connectivity index (χ1n) is 6.75. The normalized spacial score (nSPS) is 14.5. The lowest BCUT2D eigenvalue weighted by Gasteiger charge is -2.15. The number of hydrogen-bond acceptors (Lipinski definition) is 5. The Labute approximate surface area is 125 Å². The molecule has 0 aromatic heterocycles. The predicted octanol–water partition coefficient (Wildman–Crippen LogP) is 1.20. The van der Waals surface area contributed by atoms with Crippen molar-refractivity contribution in [3.8, 4) is 0 Å². The van der Waals surface area contributed by atoms with Gasteiger partial charge >= 0.3 is 5.97 Å². The van der Waals surface area contributed by atoms with E-state index < -0.39 is 22.0 Å². The Morgan fingerprint density at radius 2 is 1.81 bits per heavy atom. The lowest BCUT2D eigenvalue weighted by atomic mass is 10.1. The highest BCUT2D eigenvalue weighted by atomic mass is 32.2. The fraction of sp³-hybridized carbons (Fsp3) is 0.500. The second-order valence-electron chi connectivity index (χ2n) is 4.71. The average Bonchev–Trinajstić information content (AvgIpc) is 2.46. The second-order valence-corrected chi connectivity index (χ2v) is 6.43. The predicted molar refractivity (Wildman–Crippen MR) is 80.3 cm³/mol. The molecule has 118 valence electrons. The number of hydrogen-bond donors (Lipinski definition) is 2. The van der Waals surface area contributed by atoms with Crippen molar-refractivity contribution in [2.75, 3.05) is 13.7 Å². The van der Waals surface area contributed by atoms with Gasteiger partial charge in [-0.2, -0.15) is 4.72 Å². The van der Waals surface area contributed by atoms with Crippen LogP contribution in [0.5, 0.6) is 0 Å². The molecule has 6 nitrogen and oxygen atoms in total. The summed E-state index contributed by atoms with van der Waals surface area (Å²) < 4.78 is 31.0. The van der Waals surface area contributed by atoms with Crippen molar-refractivity contribution in [1.82, 2.24) is 10.0 Å². The van der Waals surface area contributed by atoms with Crippen molar-refractivity contribution in [3.63, 3.8) is 0 Å². The summed E-state index contributed by atoms with van der Waals surface area (Å²) >= 11 is 0. The van der Waals surface area contributed by atoms with E-state index in [4.69, 9.17) is 0 Å². The highest BCUT2D eigenvalue weighted by Crippen LogP contribution is 2.16. The molecule has 2 N–H and O–H groups in total. The lowest BCUT2D eigenvalue weighted by molar-refractivity contribution is -0.142. The summed E-state index contributed by atoms with van der Waals surface area (Å²) in [5.41, 5.74) is 0.997. The minimum absolute atomic E-state index is 0.116. The van der Waals surface area contributed by atoms with E-state index in [1.807, 2.05) is 13.8 Å². The van der Waals surface area contributed by atoms with Gasteiger partial charge in [-0.1, -0.05) is 19.1 Å². The van der Waals surface area contributed by atoms with Gasteiger partial charge in [-0.25, -0.2) is 8.42 Å². The molecule has 7 heteroatoms. The Morgan fingerprint density at radius 1 is 1.24 bits per heavy atom. The van der Waals surface area contributed by atoms with Gasteiger partial charge in [0.15, 0.2) is 0 Å². The van der Waals surface area contributed by atoms with Crippen molar-refractivity contribution in [2.24, 2.45) is 0 Å². The summed E-state index contributed by atoms with van der Waals surface area (Å²) in [5.74, 6) is -0.629. The molecule has 2 unspecified atom stereocenters. The molecule has 21 heavy (non-hydrogen) atoms. The monoisotopic (exact) mass is 314 g/mol. The summed E-state index contributed by atoms with van der Waals surface area (Å²) in [6, 6.07) is 5.77. The van der Waals surface area contributed by atoms with Crippen LogP contribution < -0.4 is 10.0 Å². The van der Waals surface area contributed by atoms with Crippen LogP contribution in [-0.4, -0.2) is 34.1 Å². The van der Waals surface area contributed by atoms with Crippen LogP contribution in [0.2, 0.25) is 0 Å². The zero-order valence-corrected chi connectivity index (χ0v) is 13.5. The van der Waals surface area contributed by atoms with Crippen LogP contribution in [0.4, 0.5) is 0 Å². The van der Waals surface area contributed by atoms with Gasteiger partial charge in [0.1, 0.15) is 6.04 Å². The highest BCUT2D eigenvalue weighted by molar-refractivity contribution is 7.89. The molecule has 0 radical (unpaired) electrons. The maximum absolute atomic E-state index is 12.1. The average molecular weight is 314 g/mol. The zero-order chi connectivity index (χ0) is 16.0. The Morgan fingerprint density at radius 3 is 2.29 bits per heavy atom. The van der Waals surface area contributed by atoms with E-state index in [-0.39, 0.29) is 10.9 Å². The van der Waals surface area contributed by atoms with E-state index in [0.717, 1.165) is 12.1 Å². The molecular weight excluding hydrogens is 292 g/mol. The quantitative estimate of drug-likeness (QED) is 0.739. The van der Waals surface area contributed by atoms with E-state index in [1.165, 1.54) is 26.2 Å². The van der Waals surface area contributed by atoms with E-state index in [9.17, 15) is 13.2 Å². The Balaban J connectivity index is 2.87. The Kier molecular flexibility index (Phi) is 6.32. The van der Waals surface area contributed by atoms with Crippen LogP contribution in [0.1, 0.15) is 32.4 Å². The molecule has 1 aromatic rings. The molecule has 0 aliphatic carbocycles. The van der Waals surface area contributed by atoms with Crippen LogP contribution in [0, 0.1) is 0 Å². The minimum atomic E-state index is -3.74. The third kappa shape index (κ3) is 4.80. The summed E-state index contributed by atoms with van der Waals surface area (Å²) in [4.78, 5) is 11.4. The van der Waals surface area contributed by atoms with Gasteiger partial charge in [0, 0.05) is 6.04 Å². The van der Waals surface area contributed by atoms with Crippen LogP contribution >= 0.6 is 0 Å². The summed E-state index contributed by atoms with van der Waals surface area (Å²) in [6.45, 7) is 6.28. The lowest BCUT2D eigenvalue weighted by Crippen LogP contribution is -2.39. The third-order valence-corrected chi connectivity index (χ3v) is 4.64. The summed E-state index contributed by atoms with van der Waals surface area (Å²) in [7, 11) is -2.53. The fourth-order valence-corrected chi connectivity index (χ4v) is 3.08. The van der Waals surface area contributed by atoms with Crippen LogP contribution in [0.15, 0.2) is 29.2 Å². The fourth-order valence-electron chi connectivity index (χ4n) is 1.89. The van der Waals surface area contributed by atoms with Crippen molar-refractivity contribution in [2.45, 2.75) is 37.8 Å². The molecule has 0 aliphatic rings. The number of methoxy groups -OCH3 is 1. The molecule has 1 rings (SSSR count). The zero-order valence-electron chi connectivity index (χ0n) is 12.7. The van der Waals surface area contributed by atoms with E-state index in [0.29, 0.717) is 0 Å². The third-order valence-electron chi connectivity index (χ3n) is 3.09. The van der Waals surface area contributed by atoms with Crippen LogP contribution in [0.25, 0.3) is 0 Å². The van der Waals surface area contributed by atoms with Crippen molar-refractivity contribution < 1.29 is 17.9 Å². The Bertz CT molecular complexity index is 569. The minimum Gasteiger partial charge on any atom is -0.468 e. The Hall–Kier alpha value is -1.44. The van der Waals surface area contributed by atoms with E-state index >= 15 is 0 Å². The number of nitrogens with one attached hydrogen (secondary N) is 2. The molecule has 1 aromatic carbocycles. The second kappa shape index (κ2) is 7.53. The van der Waals surface area contributed by atoms with Gasteiger partial charge in [-0.3, -0.25) is 4.79 Å². The number of sulfonamides is 1. The number of carbonyl (C=O) groups excluding carboxylic acids is 1. The van der Waals surface area contributed by atoms with Gasteiger partial charge in [0.2, 0.25) is 10.0 Å². The standard InChI is InChI=1S/C14H22N2O4S/c1-5-15-10(2)12-6-8-13(9-7-12)21(18,19)16-11(3)14(17)20-4/h6-11,15-16H,5H2,1-4H3. The number of ether oxygens (including phenoxy) is 1. The topological polar surface area (TPSA) is 84.5 Å². The van der Waals surface area contributed by atoms with Gasteiger partial charge in [-0.05, 0) is 38.1 Å². The number of benzene rings is 1. The van der Waals surface area contributed by atoms with E-state index in [1.54, 1.807) is 12.1 Å². The molecule has 0 saturated heterocycles. The summed E-state index contributed by atoms with van der Waals surface area (Å²) in [6.07, 6.45) is 0. The number of rotatable bonds is 7. The van der Waals surface area contributed by atoms with E-state index in [2.05, 4.69) is 14.8 Å². The SMILES string of the molecule is CCNC(C)c1ccc(S(=O)(=O)NC(C)C(=O)OC)cc1. The summed E-state index contributed by atoms with van der Waals surface area (Å²) in [5, 5.41) is 3.25. The molecular formula is C14H22N2O4S. The molecule has 0 amide bonds. The smallest absolute Gasteiger partial charge is 0.323 e. The first-order chi connectivity index (χ1) is 9.81. The number of carbonyl (C=O) groups is 1. The van der Waals surface area contributed by atoms with Gasteiger partial charge < -0.3 is 10.1 Å². The molecule has 0 bridgehead atoms. The van der Waals surface area contributed by atoms with Crippen LogP contribution in [-0.2, 0) is 19.6 Å². The molecule has 2 atom stereocenters. The maximum atomic E-state index is 12.1. The largest absolute Gasteiger partial charge is 0.468 e. The van der Waals surface area contributed by atoms with Gasteiger partial charge in [-0.15, -0.1) is 0 Å². The number of esters is 1. The van der Waals surface area contributed by atoms with Crippen molar-refractivity contribution >= 4 is 16.0 Å². The molecule has 0 aliphatic heterocycles. The highest BCUT2D eigenvalue weighted by Gasteiger charge is 2.22. The first kappa shape index (κ1) is 17.6. The van der Waals surface area contributed by atoms with Crippen LogP contribution in [0.3, 0.4) is 0 Å². The molecule has 0 heterocycles. The first-order valence-corrected chi connectivity index (χ1v) is 8.23.